The fourth-order valence-corrected chi connectivity index (χ4v) is 1.50. The van der Waals surface area contributed by atoms with E-state index in [0.29, 0.717) is 11.0 Å². The van der Waals surface area contributed by atoms with Crippen molar-refractivity contribution in [3.8, 4) is 11.5 Å². The summed E-state index contributed by atoms with van der Waals surface area (Å²) in [5.74, 6) is 0.318. The van der Waals surface area contributed by atoms with E-state index in [1.807, 2.05) is 0 Å². The number of aromatic hydroxyl groups is 1. The van der Waals surface area contributed by atoms with Crippen LogP contribution < -0.4 is 10.4 Å². The monoisotopic (exact) mass is 206 g/mol. The number of aryl methyl sites for hydroxylation is 1. The molecule has 2 aromatic rings. The summed E-state index contributed by atoms with van der Waals surface area (Å²) in [4.78, 5) is 11.1. The zero-order chi connectivity index (χ0) is 11.0. The lowest BCUT2D eigenvalue weighted by Gasteiger charge is -2.05. The van der Waals surface area contributed by atoms with Gasteiger partial charge in [0, 0.05) is 17.5 Å². The summed E-state index contributed by atoms with van der Waals surface area (Å²) in [5.41, 5.74) is 0.765. The number of hydrogen-bond donors (Lipinski definition) is 1. The summed E-state index contributed by atoms with van der Waals surface area (Å²) in [5, 5.41) is 10.3. The molecule has 1 aromatic carbocycles. The standard InChI is InChI=1S/C11H10O4/c1-6-3-11(13)15-9-5-10(14-2)8(12)4-7(6)9/h3-5,12H,1-2H3. The Bertz CT molecular complexity index is 569. The molecule has 15 heavy (non-hydrogen) atoms. The smallest absolute Gasteiger partial charge is 0.336 e. The van der Waals surface area contributed by atoms with Crippen molar-refractivity contribution in [2.45, 2.75) is 6.92 Å². The number of methoxy groups -OCH3 is 1. The van der Waals surface area contributed by atoms with Crippen molar-refractivity contribution in [3.05, 3.63) is 34.2 Å². The third-order valence-corrected chi connectivity index (χ3v) is 2.25. The molecule has 0 fully saturated rings. The van der Waals surface area contributed by atoms with Crippen LogP contribution >= 0.6 is 0 Å². The van der Waals surface area contributed by atoms with Crippen LogP contribution in [0.2, 0.25) is 0 Å². The van der Waals surface area contributed by atoms with Crippen molar-refractivity contribution in [2.24, 2.45) is 0 Å². The second-order valence-corrected chi connectivity index (χ2v) is 3.27. The Kier molecular flexibility index (Phi) is 2.11. The van der Waals surface area contributed by atoms with Gasteiger partial charge in [0.25, 0.3) is 0 Å². The van der Waals surface area contributed by atoms with Crippen molar-refractivity contribution in [2.75, 3.05) is 7.11 Å². The number of phenols is 1. The predicted octanol–water partition coefficient (Wildman–Crippen LogP) is 1.82. The quantitative estimate of drug-likeness (QED) is 0.723. The summed E-state index contributed by atoms with van der Waals surface area (Å²) < 4.78 is 9.91. The SMILES string of the molecule is COc1cc2oc(=O)cc(C)c2cc1O. The number of ether oxygens (including phenoxy) is 1. The molecule has 0 amide bonds. The van der Waals surface area contributed by atoms with E-state index >= 15 is 0 Å². The van der Waals surface area contributed by atoms with E-state index in [1.165, 1.54) is 25.3 Å². The molecule has 0 unspecified atom stereocenters. The van der Waals surface area contributed by atoms with Crippen molar-refractivity contribution in [3.63, 3.8) is 0 Å². The highest BCUT2D eigenvalue weighted by atomic mass is 16.5. The Morgan fingerprint density at radius 1 is 1.33 bits per heavy atom. The van der Waals surface area contributed by atoms with Crippen molar-refractivity contribution in [1.29, 1.82) is 0 Å². The van der Waals surface area contributed by atoms with Gasteiger partial charge in [0.2, 0.25) is 0 Å². The van der Waals surface area contributed by atoms with Crippen LogP contribution in [-0.4, -0.2) is 12.2 Å². The van der Waals surface area contributed by atoms with E-state index in [2.05, 4.69) is 0 Å². The normalized spacial score (nSPS) is 10.5. The topological polar surface area (TPSA) is 59.7 Å². The maximum Gasteiger partial charge on any atom is 0.336 e. The molecule has 1 heterocycles. The van der Waals surface area contributed by atoms with E-state index in [9.17, 15) is 9.90 Å². The molecule has 0 atom stereocenters. The van der Waals surface area contributed by atoms with Gasteiger partial charge >= 0.3 is 5.63 Å². The Balaban J connectivity index is 2.87. The van der Waals surface area contributed by atoms with E-state index in [1.54, 1.807) is 6.92 Å². The molecular formula is C11H10O4. The van der Waals surface area contributed by atoms with Crippen LogP contribution in [0, 0.1) is 6.92 Å². The van der Waals surface area contributed by atoms with Crippen molar-refractivity contribution in [1.82, 2.24) is 0 Å². The van der Waals surface area contributed by atoms with Crippen LogP contribution in [0.5, 0.6) is 11.5 Å². The minimum atomic E-state index is -0.409. The maximum absolute atomic E-state index is 11.1. The number of benzene rings is 1. The van der Waals surface area contributed by atoms with E-state index in [-0.39, 0.29) is 11.5 Å². The minimum Gasteiger partial charge on any atom is -0.504 e. The fourth-order valence-electron chi connectivity index (χ4n) is 1.50. The van der Waals surface area contributed by atoms with Gasteiger partial charge < -0.3 is 14.3 Å². The first-order valence-electron chi connectivity index (χ1n) is 4.43. The van der Waals surface area contributed by atoms with E-state index < -0.39 is 5.63 Å². The number of rotatable bonds is 1. The second kappa shape index (κ2) is 3.31. The number of fused-ring (bicyclic) bond motifs is 1. The minimum absolute atomic E-state index is 0.0296. The number of phenolic OH excluding ortho intramolecular Hbond substituents is 1. The van der Waals surface area contributed by atoms with Crippen LogP contribution in [0.15, 0.2) is 27.4 Å². The molecule has 4 heteroatoms. The highest BCUT2D eigenvalue weighted by Crippen LogP contribution is 2.31. The Morgan fingerprint density at radius 2 is 2.07 bits per heavy atom. The van der Waals surface area contributed by atoms with Gasteiger partial charge in [0.05, 0.1) is 7.11 Å². The lowest BCUT2D eigenvalue weighted by atomic mass is 10.1. The summed E-state index contributed by atoms with van der Waals surface area (Å²) in [6, 6.07) is 4.40. The first-order valence-corrected chi connectivity index (χ1v) is 4.43. The average Bonchev–Trinajstić information content (AvgIpc) is 2.18. The maximum atomic E-state index is 11.1. The molecule has 0 aliphatic rings. The van der Waals surface area contributed by atoms with Gasteiger partial charge in [-0.2, -0.15) is 0 Å². The molecule has 2 rings (SSSR count). The van der Waals surface area contributed by atoms with Crippen LogP contribution in [-0.2, 0) is 0 Å². The lowest BCUT2D eigenvalue weighted by Crippen LogP contribution is -1.98. The molecule has 0 aliphatic carbocycles. The highest BCUT2D eigenvalue weighted by Gasteiger charge is 2.08. The van der Waals surface area contributed by atoms with Crippen LogP contribution in [0.4, 0.5) is 0 Å². The van der Waals surface area contributed by atoms with Gasteiger partial charge in [-0.3, -0.25) is 0 Å². The molecule has 1 aromatic heterocycles. The van der Waals surface area contributed by atoms with Gasteiger partial charge in [-0.25, -0.2) is 4.79 Å². The Labute approximate surface area is 85.7 Å². The van der Waals surface area contributed by atoms with Crippen molar-refractivity contribution < 1.29 is 14.3 Å². The summed E-state index contributed by atoms with van der Waals surface area (Å²) in [7, 11) is 1.44. The predicted molar refractivity (Wildman–Crippen MR) is 55.4 cm³/mol. The van der Waals surface area contributed by atoms with Gasteiger partial charge in [0.1, 0.15) is 5.58 Å². The molecule has 0 bridgehead atoms. The first kappa shape index (κ1) is 9.58. The molecule has 0 spiro atoms. The number of hydrogen-bond acceptors (Lipinski definition) is 4. The molecule has 0 saturated carbocycles. The highest BCUT2D eigenvalue weighted by molar-refractivity contribution is 5.83. The summed E-state index contributed by atoms with van der Waals surface area (Å²) >= 11 is 0. The zero-order valence-electron chi connectivity index (χ0n) is 8.40. The largest absolute Gasteiger partial charge is 0.504 e. The molecule has 0 aliphatic heterocycles. The van der Waals surface area contributed by atoms with Gasteiger partial charge in [-0.15, -0.1) is 0 Å². The van der Waals surface area contributed by atoms with Crippen LogP contribution in [0.1, 0.15) is 5.56 Å². The second-order valence-electron chi connectivity index (χ2n) is 3.27. The molecule has 78 valence electrons. The third-order valence-electron chi connectivity index (χ3n) is 2.25. The molecule has 1 N–H and O–H groups in total. The summed E-state index contributed by atoms with van der Waals surface area (Å²) in [6.45, 7) is 1.78. The van der Waals surface area contributed by atoms with Gasteiger partial charge in [-0.1, -0.05) is 0 Å². The average molecular weight is 206 g/mol. The van der Waals surface area contributed by atoms with Gasteiger partial charge in [-0.05, 0) is 18.6 Å². The van der Waals surface area contributed by atoms with E-state index in [0.717, 1.165) is 5.56 Å². The van der Waals surface area contributed by atoms with Crippen molar-refractivity contribution >= 4 is 11.0 Å². The Hall–Kier alpha value is -1.97. The van der Waals surface area contributed by atoms with Gasteiger partial charge in [0.15, 0.2) is 11.5 Å². The molecule has 0 saturated heterocycles. The summed E-state index contributed by atoms with van der Waals surface area (Å²) in [6.07, 6.45) is 0. The van der Waals surface area contributed by atoms with Crippen LogP contribution in [0.3, 0.4) is 0 Å². The zero-order valence-corrected chi connectivity index (χ0v) is 8.40. The molecule has 4 nitrogen and oxygen atoms in total. The van der Waals surface area contributed by atoms with Crippen LogP contribution in [0.25, 0.3) is 11.0 Å². The Morgan fingerprint density at radius 3 is 2.73 bits per heavy atom. The van der Waals surface area contributed by atoms with E-state index in [4.69, 9.17) is 9.15 Å². The fraction of sp³-hybridized carbons (Fsp3) is 0.182. The molecular weight excluding hydrogens is 196 g/mol. The first-order chi connectivity index (χ1) is 7.11. The third kappa shape index (κ3) is 1.54. The molecule has 0 radical (unpaired) electrons. The lowest BCUT2D eigenvalue weighted by molar-refractivity contribution is 0.373.